The van der Waals surface area contributed by atoms with Gasteiger partial charge in [0.2, 0.25) is 5.76 Å². The van der Waals surface area contributed by atoms with Crippen LogP contribution in [-0.2, 0) is 9.53 Å². The lowest BCUT2D eigenvalue weighted by molar-refractivity contribution is -0.153. The van der Waals surface area contributed by atoms with Crippen LogP contribution in [0.4, 0.5) is 0 Å². The van der Waals surface area contributed by atoms with Gasteiger partial charge in [0.1, 0.15) is 6.10 Å². The van der Waals surface area contributed by atoms with E-state index in [0.717, 1.165) is 12.8 Å². The summed E-state index contributed by atoms with van der Waals surface area (Å²) in [6.07, 6.45) is 16.0. The quantitative estimate of drug-likeness (QED) is 0.458. The number of hydrogen-bond acceptors (Lipinski definition) is 4. The molecule has 1 rings (SSSR count). The largest absolute Gasteiger partial charge is 0.502 e. The van der Waals surface area contributed by atoms with Crippen molar-refractivity contribution >= 4 is 5.97 Å². The maximum atomic E-state index is 11.2. The zero-order valence-electron chi connectivity index (χ0n) is 16.5. The first-order valence-electron chi connectivity index (χ1n) is 9.20. The van der Waals surface area contributed by atoms with Gasteiger partial charge >= 0.3 is 5.97 Å². The summed E-state index contributed by atoms with van der Waals surface area (Å²) in [5.74, 6) is -0.304. The van der Waals surface area contributed by atoms with Crippen LogP contribution >= 0.6 is 0 Å². The van der Waals surface area contributed by atoms with Crippen LogP contribution in [0.2, 0.25) is 0 Å². The van der Waals surface area contributed by atoms with Crippen molar-refractivity contribution in [2.75, 3.05) is 0 Å². The monoisotopic (exact) mass is 360 g/mol. The molecule has 0 saturated carbocycles. The Morgan fingerprint density at radius 3 is 2.38 bits per heavy atom. The molecular formula is C22H32O4. The van der Waals surface area contributed by atoms with Gasteiger partial charge in [-0.15, -0.1) is 0 Å². The Balaban J connectivity index is 2.50. The first-order chi connectivity index (χ1) is 12.2. The van der Waals surface area contributed by atoms with E-state index >= 15 is 0 Å². The summed E-state index contributed by atoms with van der Waals surface area (Å²) in [7, 11) is 0. The minimum absolute atomic E-state index is 0.369. The molecule has 0 radical (unpaired) electrons. The summed E-state index contributed by atoms with van der Waals surface area (Å²) in [5, 5.41) is 19.5. The molecule has 1 heterocycles. The number of ether oxygens (including phenoxy) is 1. The Bertz CT molecular complexity index is 624. The lowest BCUT2D eigenvalue weighted by Crippen LogP contribution is -2.37. The van der Waals surface area contributed by atoms with Crippen molar-refractivity contribution in [3.63, 3.8) is 0 Å². The third-order valence-electron chi connectivity index (χ3n) is 4.48. The smallest absolute Gasteiger partial charge is 0.374 e. The Hall–Kier alpha value is -2.07. The van der Waals surface area contributed by atoms with Crippen LogP contribution in [0.1, 0.15) is 47.5 Å². The highest BCUT2D eigenvalue weighted by molar-refractivity contribution is 5.89. The Morgan fingerprint density at radius 2 is 1.81 bits per heavy atom. The number of hydrogen-bond donors (Lipinski definition) is 2. The van der Waals surface area contributed by atoms with Crippen molar-refractivity contribution in [3.05, 3.63) is 59.9 Å². The third-order valence-corrected chi connectivity index (χ3v) is 4.48. The number of aliphatic hydroxyl groups excluding tert-OH is 2. The van der Waals surface area contributed by atoms with Gasteiger partial charge in [-0.2, -0.15) is 0 Å². The number of allylic oxidation sites excluding steroid dienone is 7. The van der Waals surface area contributed by atoms with Gasteiger partial charge in [0, 0.05) is 6.08 Å². The van der Waals surface area contributed by atoms with Crippen LogP contribution in [0.5, 0.6) is 0 Å². The first kappa shape index (κ1) is 22.0. The van der Waals surface area contributed by atoms with Crippen LogP contribution in [-0.4, -0.2) is 27.9 Å². The molecular weight excluding hydrogens is 328 g/mol. The van der Waals surface area contributed by atoms with Gasteiger partial charge < -0.3 is 14.9 Å². The van der Waals surface area contributed by atoms with Gasteiger partial charge in [0.25, 0.3) is 0 Å². The van der Waals surface area contributed by atoms with E-state index in [1.807, 2.05) is 6.08 Å². The van der Waals surface area contributed by atoms with Gasteiger partial charge in [-0.3, -0.25) is 0 Å². The summed E-state index contributed by atoms with van der Waals surface area (Å²) >= 11 is 0. The number of cyclic esters (lactones) is 1. The van der Waals surface area contributed by atoms with Crippen LogP contribution in [0.25, 0.3) is 0 Å². The normalized spacial score (nSPS) is 25.1. The number of rotatable bonds is 9. The molecule has 4 nitrogen and oxygen atoms in total. The second-order valence-corrected chi connectivity index (χ2v) is 7.28. The molecule has 26 heavy (non-hydrogen) atoms. The van der Waals surface area contributed by atoms with Gasteiger partial charge in [0.15, 0.2) is 5.60 Å². The van der Waals surface area contributed by atoms with Crippen molar-refractivity contribution in [3.8, 4) is 0 Å². The average Bonchev–Trinajstić information content (AvgIpc) is 2.84. The summed E-state index contributed by atoms with van der Waals surface area (Å²) in [6, 6.07) is 0. The van der Waals surface area contributed by atoms with Crippen molar-refractivity contribution in [2.24, 2.45) is 11.8 Å². The van der Waals surface area contributed by atoms with Gasteiger partial charge in [-0.1, -0.05) is 75.3 Å². The first-order valence-corrected chi connectivity index (χ1v) is 9.20. The molecule has 1 aliphatic rings. The molecule has 0 aromatic heterocycles. The second-order valence-electron chi connectivity index (χ2n) is 7.28. The minimum Gasteiger partial charge on any atom is -0.502 e. The topological polar surface area (TPSA) is 66.8 Å². The molecule has 0 aromatic carbocycles. The fourth-order valence-corrected chi connectivity index (χ4v) is 2.56. The average molecular weight is 360 g/mol. The van der Waals surface area contributed by atoms with Gasteiger partial charge in [0.05, 0.1) is 0 Å². The fraction of sp³-hybridized carbons (Fsp3) is 0.500. The lowest BCUT2D eigenvalue weighted by Gasteiger charge is -2.24. The molecule has 0 spiro atoms. The summed E-state index contributed by atoms with van der Waals surface area (Å²) in [6.45, 7) is 10.2. The van der Waals surface area contributed by atoms with E-state index in [1.54, 1.807) is 19.1 Å². The molecule has 0 bridgehead atoms. The number of carbonyl (C=O) groups excluding carboxylic acids is 1. The lowest BCUT2D eigenvalue weighted by atomic mass is 9.98. The molecule has 1 aliphatic heterocycles. The predicted octanol–water partition coefficient (Wildman–Crippen LogP) is 4.79. The Kier molecular flexibility index (Phi) is 8.59. The van der Waals surface area contributed by atoms with E-state index in [4.69, 9.17) is 4.74 Å². The number of carbonyl (C=O) groups is 1. The molecule has 4 heteroatoms. The number of aliphatic hydroxyl groups is 2. The van der Waals surface area contributed by atoms with Crippen LogP contribution in [0.15, 0.2) is 59.9 Å². The van der Waals surface area contributed by atoms with Crippen LogP contribution < -0.4 is 0 Å². The standard InChI is InChI=1S/C22H32O4/c1-6-16(2)11-9-12-18(4)14-17(3)10-7-8-13-20(24)22(5)15-19(23)21(25)26-22/h7-13,15-17,20,23-24H,6,14H2,1-5H3/b10-7+,11-9+,13-8+,18-12+/t16-,17-,20-,22-/m0/s1. The van der Waals surface area contributed by atoms with Gasteiger partial charge in [-0.05, 0) is 32.1 Å². The molecule has 0 saturated heterocycles. The molecule has 0 fully saturated rings. The highest BCUT2D eigenvalue weighted by Crippen LogP contribution is 2.27. The molecule has 2 N–H and O–H groups in total. The number of esters is 1. The van der Waals surface area contributed by atoms with E-state index in [2.05, 4.69) is 52.0 Å². The maximum Gasteiger partial charge on any atom is 0.374 e. The van der Waals surface area contributed by atoms with Crippen molar-refractivity contribution in [2.45, 2.75) is 59.2 Å². The predicted molar refractivity (Wildman–Crippen MR) is 106 cm³/mol. The van der Waals surface area contributed by atoms with Crippen molar-refractivity contribution in [1.29, 1.82) is 0 Å². The Labute approximate surface area is 157 Å². The molecule has 144 valence electrons. The summed E-state index contributed by atoms with van der Waals surface area (Å²) in [4.78, 5) is 11.2. The minimum atomic E-state index is -1.22. The highest BCUT2D eigenvalue weighted by atomic mass is 16.6. The molecule has 0 aromatic rings. The van der Waals surface area contributed by atoms with Gasteiger partial charge in [-0.25, -0.2) is 4.79 Å². The van der Waals surface area contributed by atoms with E-state index < -0.39 is 23.4 Å². The third kappa shape index (κ3) is 7.04. The van der Waals surface area contributed by atoms with Crippen LogP contribution in [0.3, 0.4) is 0 Å². The van der Waals surface area contributed by atoms with Crippen LogP contribution in [0, 0.1) is 11.8 Å². The summed E-state index contributed by atoms with van der Waals surface area (Å²) < 4.78 is 5.00. The molecule has 0 aliphatic carbocycles. The van der Waals surface area contributed by atoms with E-state index in [1.165, 1.54) is 11.6 Å². The highest BCUT2D eigenvalue weighted by Gasteiger charge is 2.41. The molecule has 4 atom stereocenters. The Morgan fingerprint density at radius 1 is 1.19 bits per heavy atom. The van der Waals surface area contributed by atoms with E-state index in [-0.39, 0.29) is 0 Å². The molecule has 0 amide bonds. The molecule has 0 unspecified atom stereocenters. The SMILES string of the molecule is CC[C@H](C)/C=C/C=C(\C)C[C@@H](C)/C=C/C=C/[C@H](O)[C@]1(C)C=C(O)C(=O)O1. The van der Waals surface area contributed by atoms with Crippen molar-refractivity contribution in [1.82, 2.24) is 0 Å². The summed E-state index contributed by atoms with van der Waals surface area (Å²) in [5.41, 5.74) is 0.0926. The zero-order chi connectivity index (χ0) is 19.7. The second kappa shape index (κ2) is 10.2. The van der Waals surface area contributed by atoms with Crippen molar-refractivity contribution < 1.29 is 19.7 Å². The van der Waals surface area contributed by atoms with E-state index in [0.29, 0.717) is 11.8 Å². The van der Waals surface area contributed by atoms with E-state index in [9.17, 15) is 15.0 Å². The zero-order valence-corrected chi connectivity index (χ0v) is 16.5. The fourth-order valence-electron chi connectivity index (χ4n) is 2.56. The maximum absolute atomic E-state index is 11.2.